The molecular formula is C10H11BrFNO3. The van der Waals surface area contributed by atoms with Gasteiger partial charge in [0.2, 0.25) is 0 Å². The first-order valence-corrected chi connectivity index (χ1v) is 5.26. The molecule has 1 unspecified atom stereocenters. The zero-order valence-electron chi connectivity index (χ0n) is 8.50. The van der Waals surface area contributed by atoms with E-state index in [4.69, 9.17) is 5.11 Å². The normalized spacial score (nSPS) is 14.2. The van der Waals surface area contributed by atoms with Gasteiger partial charge in [-0.2, -0.15) is 0 Å². The molecule has 6 heteroatoms. The Morgan fingerprint density at radius 2 is 2.25 bits per heavy atom. The summed E-state index contributed by atoms with van der Waals surface area (Å²) in [5.41, 5.74) is -1.27. The van der Waals surface area contributed by atoms with E-state index in [1.54, 1.807) is 0 Å². The Morgan fingerprint density at radius 3 is 2.75 bits per heavy atom. The van der Waals surface area contributed by atoms with E-state index >= 15 is 0 Å². The molecule has 0 aromatic heterocycles. The van der Waals surface area contributed by atoms with Gasteiger partial charge in [0, 0.05) is 10.0 Å². The highest BCUT2D eigenvalue weighted by molar-refractivity contribution is 9.10. The van der Waals surface area contributed by atoms with Crippen molar-refractivity contribution in [1.29, 1.82) is 0 Å². The standard InChI is InChI=1S/C10H11BrFNO3/c1-10(5-14,13-9(15)16)7-4-6(11)2-3-8(7)12/h2-4,13-14H,5H2,1H3,(H,15,16). The van der Waals surface area contributed by atoms with Crippen LogP contribution in [0.15, 0.2) is 22.7 Å². The summed E-state index contributed by atoms with van der Waals surface area (Å²) in [6.45, 7) is 0.874. The van der Waals surface area contributed by atoms with Gasteiger partial charge in [-0.3, -0.25) is 0 Å². The summed E-state index contributed by atoms with van der Waals surface area (Å²) in [5.74, 6) is -0.575. The molecule has 0 saturated heterocycles. The second kappa shape index (κ2) is 4.80. The first kappa shape index (κ1) is 12.9. The Morgan fingerprint density at radius 1 is 1.62 bits per heavy atom. The van der Waals surface area contributed by atoms with Crippen LogP contribution in [-0.4, -0.2) is 22.9 Å². The lowest BCUT2D eigenvalue weighted by Gasteiger charge is -2.28. The van der Waals surface area contributed by atoms with Crippen molar-refractivity contribution < 1.29 is 19.4 Å². The summed E-state index contributed by atoms with van der Waals surface area (Å²) in [6.07, 6.45) is -1.32. The molecule has 1 rings (SSSR count). The van der Waals surface area contributed by atoms with E-state index in [1.807, 2.05) is 0 Å². The molecule has 0 radical (unpaired) electrons. The van der Waals surface area contributed by atoms with Crippen LogP contribution in [0.4, 0.5) is 9.18 Å². The highest BCUT2D eigenvalue weighted by atomic mass is 79.9. The smallest absolute Gasteiger partial charge is 0.405 e. The van der Waals surface area contributed by atoms with Crippen LogP contribution in [0.3, 0.4) is 0 Å². The van der Waals surface area contributed by atoms with Crippen LogP contribution in [-0.2, 0) is 5.54 Å². The second-order valence-corrected chi connectivity index (χ2v) is 4.46. The molecule has 16 heavy (non-hydrogen) atoms. The van der Waals surface area contributed by atoms with Crippen LogP contribution >= 0.6 is 15.9 Å². The number of hydrogen-bond acceptors (Lipinski definition) is 2. The van der Waals surface area contributed by atoms with Crippen molar-refractivity contribution in [2.24, 2.45) is 0 Å². The van der Waals surface area contributed by atoms with E-state index in [2.05, 4.69) is 21.2 Å². The van der Waals surface area contributed by atoms with Crippen molar-refractivity contribution in [1.82, 2.24) is 5.32 Å². The number of rotatable bonds is 3. The van der Waals surface area contributed by atoms with Gasteiger partial charge in [-0.05, 0) is 25.1 Å². The third kappa shape index (κ3) is 2.70. The van der Waals surface area contributed by atoms with Crippen molar-refractivity contribution in [3.05, 3.63) is 34.1 Å². The average Bonchev–Trinajstić information content (AvgIpc) is 2.20. The lowest BCUT2D eigenvalue weighted by Crippen LogP contribution is -2.46. The molecule has 0 fully saturated rings. The van der Waals surface area contributed by atoms with Crippen molar-refractivity contribution in [2.75, 3.05) is 6.61 Å². The summed E-state index contributed by atoms with van der Waals surface area (Å²) < 4.78 is 14.1. The minimum Gasteiger partial charge on any atom is -0.465 e. The molecule has 0 bridgehead atoms. The molecule has 0 aliphatic carbocycles. The Labute approximate surface area is 100 Å². The summed E-state index contributed by atoms with van der Waals surface area (Å²) >= 11 is 3.16. The Balaban J connectivity index is 3.21. The number of hydrogen-bond donors (Lipinski definition) is 3. The molecule has 0 heterocycles. The van der Waals surface area contributed by atoms with Crippen LogP contribution in [0.2, 0.25) is 0 Å². The number of halogens is 2. The number of carbonyl (C=O) groups is 1. The predicted molar refractivity (Wildman–Crippen MR) is 59.7 cm³/mol. The topological polar surface area (TPSA) is 69.6 Å². The third-order valence-electron chi connectivity index (χ3n) is 2.22. The van der Waals surface area contributed by atoms with E-state index in [0.29, 0.717) is 4.47 Å². The van der Waals surface area contributed by atoms with Crippen LogP contribution in [0.25, 0.3) is 0 Å². The molecule has 3 N–H and O–H groups in total. The Hall–Kier alpha value is -1.14. The average molecular weight is 292 g/mol. The Bertz CT molecular complexity index is 413. The van der Waals surface area contributed by atoms with Crippen molar-refractivity contribution in [3.8, 4) is 0 Å². The van der Waals surface area contributed by atoms with E-state index in [9.17, 15) is 14.3 Å². The lowest BCUT2D eigenvalue weighted by molar-refractivity contribution is 0.144. The fourth-order valence-corrected chi connectivity index (χ4v) is 1.71. The second-order valence-electron chi connectivity index (χ2n) is 3.54. The lowest BCUT2D eigenvalue weighted by atomic mass is 9.92. The molecule has 88 valence electrons. The summed E-state index contributed by atoms with van der Waals surface area (Å²) in [5, 5.41) is 19.9. The molecule has 1 amide bonds. The minimum absolute atomic E-state index is 0.0896. The first-order valence-electron chi connectivity index (χ1n) is 4.46. The van der Waals surface area contributed by atoms with E-state index in [1.165, 1.54) is 25.1 Å². The van der Waals surface area contributed by atoms with Crippen LogP contribution in [0, 0.1) is 5.82 Å². The summed E-state index contributed by atoms with van der Waals surface area (Å²) in [4.78, 5) is 10.6. The number of aliphatic hydroxyl groups excluding tert-OH is 1. The van der Waals surface area contributed by atoms with Crippen LogP contribution in [0.5, 0.6) is 0 Å². The maximum absolute atomic E-state index is 13.5. The Kier molecular flexibility index (Phi) is 3.88. The van der Waals surface area contributed by atoms with Crippen LogP contribution in [0.1, 0.15) is 12.5 Å². The van der Waals surface area contributed by atoms with Gasteiger partial charge in [0.25, 0.3) is 0 Å². The van der Waals surface area contributed by atoms with Gasteiger partial charge in [-0.25, -0.2) is 9.18 Å². The molecule has 0 saturated carbocycles. The van der Waals surface area contributed by atoms with Crippen LogP contribution < -0.4 is 5.32 Å². The zero-order valence-corrected chi connectivity index (χ0v) is 10.1. The zero-order chi connectivity index (χ0) is 12.3. The minimum atomic E-state index is -1.36. The van der Waals surface area contributed by atoms with Gasteiger partial charge in [0.15, 0.2) is 0 Å². The molecular weight excluding hydrogens is 281 g/mol. The first-order chi connectivity index (χ1) is 7.39. The number of amides is 1. The third-order valence-corrected chi connectivity index (χ3v) is 2.72. The van der Waals surface area contributed by atoms with E-state index in [-0.39, 0.29) is 5.56 Å². The quantitative estimate of drug-likeness (QED) is 0.798. The predicted octanol–water partition coefficient (Wildman–Crippen LogP) is 2.06. The number of benzene rings is 1. The monoisotopic (exact) mass is 291 g/mol. The molecule has 4 nitrogen and oxygen atoms in total. The fraction of sp³-hybridized carbons (Fsp3) is 0.300. The van der Waals surface area contributed by atoms with Gasteiger partial charge in [-0.1, -0.05) is 15.9 Å². The van der Waals surface area contributed by atoms with Gasteiger partial charge in [-0.15, -0.1) is 0 Å². The molecule has 0 spiro atoms. The van der Waals surface area contributed by atoms with Crippen molar-refractivity contribution in [3.63, 3.8) is 0 Å². The highest BCUT2D eigenvalue weighted by Gasteiger charge is 2.30. The SMILES string of the molecule is CC(CO)(NC(=O)O)c1cc(Br)ccc1F. The fourth-order valence-electron chi connectivity index (χ4n) is 1.35. The maximum atomic E-state index is 13.5. The van der Waals surface area contributed by atoms with E-state index in [0.717, 1.165) is 0 Å². The van der Waals surface area contributed by atoms with Gasteiger partial charge in [0.1, 0.15) is 5.82 Å². The molecule has 1 atom stereocenters. The molecule has 1 aromatic carbocycles. The summed E-state index contributed by atoms with van der Waals surface area (Å²) in [6, 6.07) is 4.13. The van der Waals surface area contributed by atoms with E-state index < -0.39 is 24.1 Å². The number of aliphatic hydroxyl groups is 1. The molecule has 0 aliphatic rings. The number of nitrogens with one attached hydrogen (secondary N) is 1. The van der Waals surface area contributed by atoms with Gasteiger partial charge < -0.3 is 15.5 Å². The maximum Gasteiger partial charge on any atom is 0.405 e. The van der Waals surface area contributed by atoms with Crippen molar-refractivity contribution >= 4 is 22.0 Å². The largest absolute Gasteiger partial charge is 0.465 e. The highest BCUT2D eigenvalue weighted by Crippen LogP contribution is 2.26. The molecule has 1 aromatic rings. The van der Waals surface area contributed by atoms with Gasteiger partial charge >= 0.3 is 6.09 Å². The summed E-state index contributed by atoms with van der Waals surface area (Å²) in [7, 11) is 0. The molecule has 0 aliphatic heterocycles. The van der Waals surface area contributed by atoms with Gasteiger partial charge in [0.05, 0.1) is 12.1 Å². The number of carboxylic acid groups (broad SMARTS) is 1. The van der Waals surface area contributed by atoms with Crippen molar-refractivity contribution in [2.45, 2.75) is 12.5 Å².